The summed E-state index contributed by atoms with van der Waals surface area (Å²) in [4.78, 5) is 248. The molecule has 708 valence electrons. The summed E-state index contributed by atoms with van der Waals surface area (Å²) in [5.41, 5.74) is -0.433. The van der Waals surface area contributed by atoms with Gasteiger partial charge in [0.15, 0.2) is 44.1 Å². The number of benzene rings is 4. The highest BCUT2D eigenvalue weighted by Crippen LogP contribution is 2.48. The van der Waals surface area contributed by atoms with Crippen LogP contribution in [0.3, 0.4) is 0 Å². The van der Waals surface area contributed by atoms with Gasteiger partial charge in [-0.2, -0.15) is 0 Å². The van der Waals surface area contributed by atoms with Crippen molar-refractivity contribution < 1.29 is 137 Å². The van der Waals surface area contributed by atoms with Gasteiger partial charge in [-0.25, -0.2) is 53.1 Å². The van der Waals surface area contributed by atoms with Crippen molar-refractivity contribution in [3.8, 4) is 23.0 Å². The molecular formula is C94H92FN13O28. The molecule has 12 heterocycles. The van der Waals surface area contributed by atoms with Gasteiger partial charge in [0.05, 0.1) is 57.4 Å². The van der Waals surface area contributed by atoms with Gasteiger partial charge in [0.2, 0.25) is 28.4 Å². The standard InChI is InChI=1S/C33H36FN5O10.C32H26N4O10.C29H30N4O8/c1-31(2,3)28(43)47-15-38-27(42)33(39(30(38)45)16-48-29(44)32(4,5)6,22-12-19-20(49-22)11-9-18(36-19)25(35)40)14-37-13-17-8-10-21(46-7)24(34)23(17)26(37)41;1-18(37)36-31(42)35(17-44-29(40)23-6-4-5-7-26(23)45-19(2)38)30(41)32(36,27-12-21-14-33-11-10-25(21)46-27)16-34-15-20-8-9-22(43-3)13-24(20)28(34)39;1-4-6-24(34)33-28(38)32(17-40-25(35)7-5-2)27(37)29(33,23-12-19-14-30-11-10-22(19)41-23)16-31-15-18-8-9-20(39-3)13-21(18)26(31)36/h8-12H,13-16H2,1-7H3,(H2,35,40);4-14H,15-17H2,1-3H3;8-14H,4-7,15-17H2,1-3H3/t33-;32-;29-/m000/s1. The molecular weight excluding hydrogens is 1780 g/mol. The third-order valence-electron chi connectivity index (χ3n) is 23.1. The molecule has 136 heavy (non-hydrogen) atoms. The Morgan fingerprint density at radius 1 is 0.493 bits per heavy atom. The van der Waals surface area contributed by atoms with Gasteiger partial charge in [0.1, 0.15) is 62.5 Å². The fourth-order valence-corrected chi connectivity index (χ4v) is 16.3. The summed E-state index contributed by atoms with van der Waals surface area (Å²) < 4.78 is 75.7. The lowest BCUT2D eigenvalue weighted by Gasteiger charge is -2.36. The number of nitrogens with two attached hydrogens (primary N) is 1. The molecule has 6 aromatic heterocycles. The first kappa shape index (κ1) is 95.7. The van der Waals surface area contributed by atoms with Crippen molar-refractivity contribution in [2.75, 3.05) is 67.9 Å². The molecule has 0 spiro atoms. The van der Waals surface area contributed by atoms with Gasteiger partial charge < -0.3 is 71.6 Å². The number of nitrogens with zero attached hydrogens (tertiary/aromatic N) is 12. The van der Waals surface area contributed by atoms with Crippen molar-refractivity contribution >= 4 is 134 Å². The molecule has 3 atom stereocenters. The van der Waals surface area contributed by atoms with Crippen molar-refractivity contribution in [1.82, 2.24) is 59.1 Å². The number of para-hydroxylation sites is 1. The number of esters is 5. The number of methoxy groups -OCH3 is 3. The van der Waals surface area contributed by atoms with Crippen LogP contribution in [0.5, 0.6) is 23.0 Å². The molecule has 0 radical (unpaired) electrons. The number of imide groups is 5. The third kappa shape index (κ3) is 17.6. The van der Waals surface area contributed by atoms with Crippen LogP contribution in [0.15, 0.2) is 153 Å². The topological polar surface area (TPSA) is 497 Å². The summed E-state index contributed by atoms with van der Waals surface area (Å²) in [6.07, 6.45) is 6.97. The predicted octanol–water partition coefficient (Wildman–Crippen LogP) is 10.1. The molecule has 42 heteroatoms. The minimum absolute atomic E-state index is 0.00738. The molecule has 6 aliphatic heterocycles. The largest absolute Gasteiger partial charge is 0.497 e. The lowest BCUT2D eigenvalue weighted by atomic mass is 9.92. The van der Waals surface area contributed by atoms with E-state index in [1.807, 2.05) is 0 Å². The molecule has 16 rings (SSSR count). The Morgan fingerprint density at radius 2 is 0.971 bits per heavy atom. The lowest BCUT2D eigenvalue weighted by Crippen LogP contribution is -2.56. The van der Waals surface area contributed by atoms with Crippen molar-refractivity contribution in [3.05, 3.63) is 208 Å². The molecule has 4 aromatic carbocycles. The predicted molar refractivity (Wildman–Crippen MR) is 466 cm³/mol. The number of pyridine rings is 3. The van der Waals surface area contributed by atoms with Gasteiger partial charge >= 0.3 is 47.9 Å². The van der Waals surface area contributed by atoms with Crippen molar-refractivity contribution in [1.29, 1.82) is 0 Å². The molecule has 2 N–H and O–H groups in total. The number of urea groups is 3. The fourth-order valence-electron chi connectivity index (χ4n) is 16.3. The number of amides is 15. The van der Waals surface area contributed by atoms with Gasteiger partial charge in [0, 0.05) is 99.1 Å². The summed E-state index contributed by atoms with van der Waals surface area (Å²) in [5.74, 6) is -11.1. The number of carbonyl (C=O) groups is 17. The summed E-state index contributed by atoms with van der Waals surface area (Å²) >= 11 is 0. The van der Waals surface area contributed by atoms with E-state index in [-0.39, 0.29) is 101 Å². The van der Waals surface area contributed by atoms with Crippen LogP contribution in [0.2, 0.25) is 0 Å². The zero-order valence-corrected chi connectivity index (χ0v) is 75.9. The molecule has 41 nitrogen and oxygen atoms in total. The second-order valence-electron chi connectivity index (χ2n) is 34.3. The van der Waals surface area contributed by atoms with E-state index in [9.17, 15) is 81.5 Å². The van der Waals surface area contributed by atoms with Crippen LogP contribution in [0.25, 0.3) is 33.0 Å². The van der Waals surface area contributed by atoms with E-state index in [2.05, 4.69) is 15.0 Å². The highest BCUT2D eigenvalue weighted by molar-refractivity contribution is 6.17. The van der Waals surface area contributed by atoms with Gasteiger partial charge in [0.25, 0.3) is 41.4 Å². The molecule has 0 saturated carbocycles. The van der Waals surface area contributed by atoms with Crippen LogP contribution in [0.1, 0.15) is 181 Å². The van der Waals surface area contributed by atoms with E-state index in [1.54, 1.807) is 116 Å². The maximum Gasteiger partial charge on any atom is 0.343 e. The van der Waals surface area contributed by atoms with Crippen LogP contribution >= 0.6 is 0 Å². The van der Waals surface area contributed by atoms with E-state index in [0.29, 0.717) is 83.2 Å². The monoisotopic (exact) mass is 1870 g/mol. The first-order valence-electron chi connectivity index (χ1n) is 42.5. The fraction of sp³-hybridized carbons (Fsp3) is 0.340. The molecule has 10 aromatic rings. The first-order valence-corrected chi connectivity index (χ1v) is 42.5. The minimum atomic E-state index is -2.28. The van der Waals surface area contributed by atoms with Crippen molar-refractivity contribution in [2.45, 2.75) is 131 Å². The van der Waals surface area contributed by atoms with E-state index < -0.39 is 174 Å². The van der Waals surface area contributed by atoms with E-state index >= 15 is 4.39 Å². The molecule has 3 saturated heterocycles. The van der Waals surface area contributed by atoms with Crippen LogP contribution in [-0.4, -0.2) is 228 Å². The van der Waals surface area contributed by atoms with Crippen molar-refractivity contribution in [2.24, 2.45) is 16.6 Å². The number of rotatable bonds is 27. The number of carbonyl (C=O) groups excluding carboxylic acids is 17. The highest BCUT2D eigenvalue weighted by Gasteiger charge is 2.67. The van der Waals surface area contributed by atoms with Crippen molar-refractivity contribution in [3.63, 3.8) is 0 Å². The number of ether oxygens (including phenoxy) is 8. The van der Waals surface area contributed by atoms with Gasteiger partial charge in [-0.3, -0.25) is 77.2 Å². The van der Waals surface area contributed by atoms with E-state index in [4.69, 9.17) is 56.9 Å². The Balaban J connectivity index is 0.000000164. The molecule has 6 aliphatic rings. The first-order chi connectivity index (χ1) is 64.6. The van der Waals surface area contributed by atoms with Gasteiger partial charge in [-0.05, 0) is 150 Å². The SMILES string of the molecule is CCCC(=O)OCN1C(=O)N(C(=O)CCC)[C@@](CN2Cc3ccc(OC)cc3C2=O)(c2cc3cnccc3o2)C1=O.COc1ccc2c(c1)C(=O)N(C[C@]1(c3cc4cnccc4o3)C(=O)N(COC(=O)c3ccccc3OC(C)=O)C(=O)N1C(C)=O)C2.COc1ccc2c(c1F)C(=O)N(C[C@]1(c3cc4nc(C(N)=O)ccc4o3)C(=O)N(COC(=O)C(C)(C)C)C(=O)N1COC(=O)C(C)(C)C)C2. The molecule has 15 amide bonds. The Hall–Kier alpha value is -16.3. The van der Waals surface area contributed by atoms with Gasteiger partial charge in [-0.15, -0.1) is 0 Å². The van der Waals surface area contributed by atoms with Gasteiger partial charge in [-0.1, -0.05) is 44.2 Å². The average molecular weight is 1870 g/mol. The normalized spacial score (nSPS) is 17.9. The molecule has 0 bridgehead atoms. The number of fused-ring (bicyclic) bond motifs is 6. The number of aromatic nitrogens is 3. The zero-order valence-electron chi connectivity index (χ0n) is 75.9. The maximum absolute atomic E-state index is 15.4. The van der Waals surface area contributed by atoms with Crippen LogP contribution in [-0.2, 0) is 98.3 Å². The third-order valence-corrected chi connectivity index (χ3v) is 23.1. The molecule has 0 unspecified atom stereocenters. The Labute approximate surface area is 773 Å². The maximum atomic E-state index is 15.4. The quantitative estimate of drug-likeness (QED) is 0.0216. The number of hydrogen-bond donors (Lipinski definition) is 1. The zero-order chi connectivity index (χ0) is 98.3. The summed E-state index contributed by atoms with van der Waals surface area (Å²) in [7, 11) is 4.21. The summed E-state index contributed by atoms with van der Waals surface area (Å²) in [5, 5.41) is 1.02. The Morgan fingerprint density at radius 3 is 1.49 bits per heavy atom. The highest BCUT2D eigenvalue weighted by atomic mass is 19.1. The second kappa shape index (κ2) is 37.7. The van der Waals surface area contributed by atoms with Crippen LogP contribution in [0, 0.1) is 16.6 Å². The average Bonchev–Trinajstić information content (AvgIpc) is 1.58. The van der Waals surface area contributed by atoms with Crippen LogP contribution in [0.4, 0.5) is 18.8 Å². The minimum Gasteiger partial charge on any atom is -0.497 e. The number of primary amides is 1. The summed E-state index contributed by atoms with van der Waals surface area (Å²) in [6.45, 7) is 10.6. The number of hydrogen-bond acceptors (Lipinski definition) is 31. The molecule has 3 fully saturated rings. The number of furan rings is 3. The van der Waals surface area contributed by atoms with Crippen LogP contribution < -0.4 is 24.7 Å². The Kier molecular flexibility index (Phi) is 26.6. The smallest absolute Gasteiger partial charge is 0.343 e. The number of halogens is 1. The Bertz CT molecular complexity index is 6580. The summed E-state index contributed by atoms with van der Waals surface area (Å²) in [6, 6.07) is 25.7. The van der Waals surface area contributed by atoms with E-state index in [1.165, 1.54) is 111 Å². The molecule has 0 aliphatic carbocycles. The second-order valence-corrected chi connectivity index (χ2v) is 34.3. The lowest BCUT2D eigenvalue weighted by molar-refractivity contribution is -0.161. The van der Waals surface area contributed by atoms with E-state index in [0.717, 1.165) is 33.4 Å².